The lowest BCUT2D eigenvalue weighted by atomic mass is 9.85. The molecule has 0 aliphatic heterocycles. The number of rotatable bonds is 7. The second kappa shape index (κ2) is 9.50. The van der Waals surface area contributed by atoms with Gasteiger partial charge in [0, 0.05) is 29.5 Å². The summed E-state index contributed by atoms with van der Waals surface area (Å²) in [5, 5.41) is 4.37. The highest BCUT2D eigenvalue weighted by Crippen LogP contribution is 2.30. The van der Waals surface area contributed by atoms with Crippen molar-refractivity contribution in [3.63, 3.8) is 0 Å². The molecule has 3 aromatic rings. The number of amides is 1. The van der Waals surface area contributed by atoms with Crippen molar-refractivity contribution in [1.29, 1.82) is 0 Å². The maximum atomic E-state index is 12.8. The zero-order valence-electron chi connectivity index (χ0n) is 19.1. The predicted octanol–water partition coefficient (Wildman–Crippen LogP) is 5.34. The Balaban J connectivity index is 1.13. The molecule has 1 saturated carbocycles. The minimum absolute atomic E-state index is 0.0287. The summed E-state index contributed by atoms with van der Waals surface area (Å²) >= 11 is 0. The van der Waals surface area contributed by atoms with Gasteiger partial charge in [-0.2, -0.15) is 0 Å². The summed E-state index contributed by atoms with van der Waals surface area (Å²) in [5.41, 5.74) is 4.78. The first-order valence-corrected chi connectivity index (χ1v) is 12.4. The van der Waals surface area contributed by atoms with Gasteiger partial charge in [0.1, 0.15) is 5.69 Å². The second-order valence-corrected chi connectivity index (χ2v) is 9.79. The number of hydrogen-bond acceptors (Lipinski definition) is 2. The Bertz CT molecular complexity index is 1010. The Kier molecular flexibility index (Phi) is 6.31. The van der Waals surface area contributed by atoms with Crippen LogP contribution in [0.3, 0.4) is 0 Å². The Morgan fingerprint density at radius 1 is 1.00 bits per heavy atom. The SMILES string of the molecule is CCCN(CC1CCC(NC(=O)c2cc3ccccc3[nH]2)CC1)C1Cc2ccccc2C1. The van der Waals surface area contributed by atoms with E-state index >= 15 is 0 Å². The maximum Gasteiger partial charge on any atom is 0.267 e. The normalized spacial score (nSPS) is 21.2. The summed E-state index contributed by atoms with van der Waals surface area (Å²) in [6, 6.07) is 19.9. The number of aromatic nitrogens is 1. The van der Waals surface area contributed by atoms with E-state index < -0.39 is 0 Å². The van der Waals surface area contributed by atoms with Crippen LogP contribution in [0.4, 0.5) is 0 Å². The molecule has 1 amide bonds. The van der Waals surface area contributed by atoms with Gasteiger partial charge in [-0.1, -0.05) is 49.4 Å². The standard InChI is InChI=1S/C28H35N3O/c1-2-15-31(25-16-21-7-3-4-8-22(21)17-25)19-20-11-13-24(14-12-20)29-28(32)27-18-23-9-5-6-10-26(23)30-27/h3-10,18,20,24-25,30H,2,11-17,19H2,1H3,(H,29,32). The van der Waals surface area contributed by atoms with Gasteiger partial charge in [0.05, 0.1) is 0 Å². The zero-order chi connectivity index (χ0) is 21.9. The Morgan fingerprint density at radius 2 is 1.69 bits per heavy atom. The molecule has 4 heteroatoms. The molecule has 0 bridgehead atoms. The van der Waals surface area contributed by atoms with E-state index in [1.807, 2.05) is 30.3 Å². The number of carbonyl (C=O) groups is 1. The molecule has 5 rings (SSSR count). The highest BCUT2D eigenvalue weighted by atomic mass is 16.1. The van der Waals surface area contributed by atoms with E-state index in [4.69, 9.17) is 0 Å². The number of H-pyrrole nitrogens is 1. The quantitative estimate of drug-likeness (QED) is 0.533. The molecule has 2 aliphatic carbocycles. The van der Waals surface area contributed by atoms with Crippen LogP contribution >= 0.6 is 0 Å². The van der Waals surface area contributed by atoms with E-state index in [1.54, 1.807) is 11.1 Å². The molecule has 0 radical (unpaired) electrons. The molecule has 168 valence electrons. The second-order valence-electron chi connectivity index (χ2n) is 9.79. The van der Waals surface area contributed by atoms with Crippen molar-refractivity contribution < 1.29 is 4.79 Å². The maximum absolute atomic E-state index is 12.8. The number of carbonyl (C=O) groups excluding carboxylic acids is 1. The van der Waals surface area contributed by atoms with Gasteiger partial charge in [0.15, 0.2) is 0 Å². The molecule has 4 nitrogen and oxygen atoms in total. The lowest BCUT2D eigenvalue weighted by molar-refractivity contribution is 0.0907. The summed E-state index contributed by atoms with van der Waals surface area (Å²) in [6.45, 7) is 4.69. The predicted molar refractivity (Wildman–Crippen MR) is 131 cm³/mol. The first kappa shape index (κ1) is 21.3. The van der Waals surface area contributed by atoms with Crippen LogP contribution in [0, 0.1) is 5.92 Å². The van der Waals surface area contributed by atoms with Crippen LogP contribution in [0.5, 0.6) is 0 Å². The Labute approximate surface area is 191 Å². The molecule has 0 unspecified atom stereocenters. The van der Waals surface area contributed by atoms with Gasteiger partial charge in [-0.05, 0) is 80.7 Å². The molecular formula is C28H35N3O. The number of hydrogen-bond donors (Lipinski definition) is 2. The molecule has 2 N–H and O–H groups in total. The number of aromatic amines is 1. The monoisotopic (exact) mass is 429 g/mol. The molecule has 32 heavy (non-hydrogen) atoms. The Morgan fingerprint density at radius 3 is 2.38 bits per heavy atom. The largest absolute Gasteiger partial charge is 0.351 e. The van der Waals surface area contributed by atoms with Gasteiger partial charge < -0.3 is 10.3 Å². The van der Waals surface area contributed by atoms with Crippen LogP contribution < -0.4 is 5.32 Å². The summed E-state index contributed by atoms with van der Waals surface area (Å²) in [5.74, 6) is 0.771. The van der Waals surface area contributed by atoms with Crippen LogP contribution in [-0.2, 0) is 12.8 Å². The molecule has 0 spiro atoms. The number of para-hydroxylation sites is 1. The van der Waals surface area contributed by atoms with Crippen molar-refractivity contribution in [2.75, 3.05) is 13.1 Å². The fourth-order valence-corrected chi connectivity index (χ4v) is 5.78. The van der Waals surface area contributed by atoms with E-state index in [0.29, 0.717) is 17.8 Å². The van der Waals surface area contributed by atoms with Gasteiger partial charge in [0.2, 0.25) is 0 Å². The van der Waals surface area contributed by atoms with E-state index in [1.165, 1.54) is 45.2 Å². The van der Waals surface area contributed by atoms with Gasteiger partial charge in [0.25, 0.3) is 5.91 Å². The third-order valence-corrected chi connectivity index (χ3v) is 7.51. The number of benzene rings is 2. The molecule has 1 aromatic heterocycles. The third-order valence-electron chi connectivity index (χ3n) is 7.51. The van der Waals surface area contributed by atoms with E-state index in [-0.39, 0.29) is 5.91 Å². The zero-order valence-corrected chi connectivity index (χ0v) is 19.1. The van der Waals surface area contributed by atoms with Gasteiger partial charge in [-0.3, -0.25) is 9.69 Å². The molecule has 1 fully saturated rings. The average Bonchev–Trinajstić information content (AvgIpc) is 3.44. The first-order chi connectivity index (χ1) is 15.7. The molecular weight excluding hydrogens is 394 g/mol. The van der Waals surface area contributed by atoms with Crippen LogP contribution in [0.2, 0.25) is 0 Å². The van der Waals surface area contributed by atoms with E-state index in [0.717, 1.165) is 29.7 Å². The number of fused-ring (bicyclic) bond motifs is 2. The molecule has 2 aliphatic rings. The fraction of sp³-hybridized carbons (Fsp3) is 0.464. The average molecular weight is 430 g/mol. The minimum Gasteiger partial charge on any atom is -0.351 e. The Hall–Kier alpha value is -2.59. The van der Waals surface area contributed by atoms with Crippen LogP contribution in [0.1, 0.15) is 60.6 Å². The molecule has 0 atom stereocenters. The van der Waals surface area contributed by atoms with Crippen molar-refractivity contribution in [1.82, 2.24) is 15.2 Å². The van der Waals surface area contributed by atoms with Crippen molar-refractivity contribution in [3.05, 3.63) is 71.4 Å². The van der Waals surface area contributed by atoms with Crippen molar-refractivity contribution in [2.45, 2.75) is 64.0 Å². The summed E-state index contributed by atoms with van der Waals surface area (Å²) in [6.07, 6.45) is 8.19. The lowest BCUT2D eigenvalue weighted by Crippen LogP contribution is -2.43. The van der Waals surface area contributed by atoms with Gasteiger partial charge in [-0.15, -0.1) is 0 Å². The highest BCUT2D eigenvalue weighted by Gasteiger charge is 2.30. The van der Waals surface area contributed by atoms with Crippen molar-refractivity contribution in [2.24, 2.45) is 5.92 Å². The van der Waals surface area contributed by atoms with Gasteiger partial charge in [-0.25, -0.2) is 0 Å². The van der Waals surface area contributed by atoms with Crippen molar-refractivity contribution in [3.8, 4) is 0 Å². The highest BCUT2D eigenvalue weighted by molar-refractivity contribution is 5.98. The van der Waals surface area contributed by atoms with Crippen LogP contribution in [0.15, 0.2) is 54.6 Å². The van der Waals surface area contributed by atoms with Crippen LogP contribution in [0.25, 0.3) is 10.9 Å². The molecule has 0 saturated heterocycles. The van der Waals surface area contributed by atoms with Crippen molar-refractivity contribution >= 4 is 16.8 Å². The van der Waals surface area contributed by atoms with E-state index in [9.17, 15) is 4.79 Å². The minimum atomic E-state index is 0.0287. The fourth-order valence-electron chi connectivity index (χ4n) is 5.78. The smallest absolute Gasteiger partial charge is 0.267 e. The topological polar surface area (TPSA) is 48.1 Å². The lowest BCUT2D eigenvalue weighted by Gasteiger charge is -2.35. The number of nitrogens with one attached hydrogen (secondary N) is 2. The summed E-state index contributed by atoms with van der Waals surface area (Å²) in [7, 11) is 0. The third kappa shape index (κ3) is 4.61. The molecule has 1 heterocycles. The molecule has 2 aromatic carbocycles. The van der Waals surface area contributed by atoms with E-state index in [2.05, 4.69) is 46.4 Å². The number of nitrogens with zero attached hydrogens (tertiary/aromatic N) is 1. The summed E-state index contributed by atoms with van der Waals surface area (Å²) in [4.78, 5) is 18.8. The first-order valence-electron chi connectivity index (χ1n) is 12.4. The summed E-state index contributed by atoms with van der Waals surface area (Å²) < 4.78 is 0. The van der Waals surface area contributed by atoms with Crippen LogP contribution in [-0.4, -0.2) is 41.0 Å². The van der Waals surface area contributed by atoms with Gasteiger partial charge >= 0.3 is 0 Å².